The number of amides is 2. The van der Waals surface area contributed by atoms with Crippen molar-refractivity contribution in [3.63, 3.8) is 0 Å². The van der Waals surface area contributed by atoms with E-state index in [0.29, 0.717) is 0 Å². The molecule has 124 valence electrons. The van der Waals surface area contributed by atoms with Crippen LogP contribution < -0.4 is 0 Å². The molecular weight excluding hydrogens is 322 g/mol. The summed E-state index contributed by atoms with van der Waals surface area (Å²) in [6.07, 6.45) is 0.826. The van der Waals surface area contributed by atoms with Crippen LogP contribution in [-0.2, 0) is 19.1 Å². The number of hydrogen-bond acceptors (Lipinski definition) is 6. The second-order valence-electron chi connectivity index (χ2n) is 5.65. The highest BCUT2D eigenvalue weighted by Crippen LogP contribution is 2.27. The molecule has 23 heavy (non-hydrogen) atoms. The molecule has 0 aromatic heterocycles. The summed E-state index contributed by atoms with van der Waals surface area (Å²) in [5.74, 6) is -2.14. The van der Waals surface area contributed by atoms with Gasteiger partial charge in [-0.2, -0.15) is 8.42 Å². The number of nitrogens with zero attached hydrogens (tertiary/aromatic N) is 1. The minimum absolute atomic E-state index is 0.236. The first-order valence-corrected chi connectivity index (χ1v) is 8.79. The smallest absolute Gasteiger partial charge is 0.264 e. The largest absolute Gasteiger partial charge is 0.295 e. The molecule has 1 heterocycles. The van der Waals surface area contributed by atoms with Gasteiger partial charge in [0.2, 0.25) is 0 Å². The molecule has 1 aromatic carbocycles. The van der Waals surface area contributed by atoms with E-state index in [9.17, 15) is 22.8 Å². The highest BCUT2D eigenvalue weighted by Gasteiger charge is 2.43. The van der Waals surface area contributed by atoms with E-state index in [1.165, 1.54) is 12.1 Å². The Balaban J connectivity index is 2.31. The number of carbonyl (C=O) groups excluding carboxylic acids is 3. The fourth-order valence-electron chi connectivity index (χ4n) is 2.52. The molecule has 0 aliphatic carbocycles. The van der Waals surface area contributed by atoms with E-state index in [2.05, 4.69) is 4.18 Å². The van der Waals surface area contributed by atoms with Gasteiger partial charge in [0.1, 0.15) is 12.6 Å². The fourth-order valence-corrected chi connectivity index (χ4v) is 2.86. The lowest BCUT2D eigenvalue weighted by molar-refractivity contribution is -0.126. The first-order valence-electron chi connectivity index (χ1n) is 6.97. The minimum Gasteiger partial charge on any atom is -0.295 e. The Morgan fingerprint density at radius 3 is 2.00 bits per heavy atom. The van der Waals surface area contributed by atoms with Gasteiger partial charge < -0.3 is 0 Å². The number of rotatable bonds is 6. The Morgan fingerprint density at radius 2 is 1.61 bits per heavy atom. The van der Waals surface area contributed by atoms with Gasteiger partial charge in [-0.1, -0.05) is 26.0 Å². The summed E-state index contributed by atoms with van der Waals surface area (Å²) in [7, 11) is -3.79. The van der Waals surface area contributed by atoms with Crippen LogP contribution >= 0.6 is 0 Å². The summed E-state index contributed by atoms with van der Waals surface area (Å²) in [4.78, 5) is 38.1. The third-order valence-electron chi connectivity index (χ3n) is 3.48. The predicted molar refractivity (Wildman–Crippen MR) is 81.4 cm³/mol. The molecule has 1 unspecified atom stereocenters. The summed E-state index contributed by atoms with van der Waals surface area (Å²) in [5.41, 5.74) is 0.472. The second kappa shape index (κ2) is 6.21. The molecule has 1 aliphatic heterocycles. The van der Waals surface area contributed by atoms with Crippen molar-refractivity contribution in [1.29, 1.82) is 0 Å². The number of hydrogen-bond donors (Lipinski definition) is 0. The molecule has 1 aromatic rings. The van der Waals surface area contributed by atoms with Crippen LogP contribution in [0.2, 0.25) is 0 Å². The summed E-state index contributed by atoms with van der Waals surface area (Å²) >= 11 is 0. The van der Waals surface area contributed by atoms with Crippen molar-refractivity contribution >= 4 is 27.7 Å². The van der Waals surface area contributed by atoms with Crippen LogP contribution in [0.15, 0.2) is 24.3 Å². The van der Waals surface area contributed by atoms with Crippen LogP contribution in [0.4, 0.5) is 0 Å². The van der Waals surface area contributed by atoms with Crippen molar-refractivity contribution in [2.45, 2.75) is 19.9 Å². The summed E-state index contributed by atoms with van der Waals surface area (Å²) in [6, 6.07) is 5.22. The first-order chi connectivity index (χ1) is 10.6. The van der Waals surface area contributed by atoms with Crippen LogP contribution in [0.1, 0.15) is 34.6 Å². The number of benzene rings is 1. The molecule has 0 fully saturated rings. The topological polar surface area (TPSA) is 97.8 Å². The van der Waals surface area contributed by atoms with Gasteiger partial charge in [-0.3, -0.25) is 23.5 Å². The lowest BCUT2D eigenvalue weighted by atomic mass is 9.98. The Hall–Kier alpha value is -2.06. The zero-order valence-corrected chi connectivity index (χ0v) is 13.8. The standard InChI is InChI=1S/C15H17NO6S/c1-9(2)13(12(17)8-22-23(3,20)21)16-14(18)10-6-4-5-7-11(10)15(16)19/h4-7,9,13H,8H2,1-3H3. The van der Waals surface area contributed by atoms with Gasteiger partial charge in [0.25, 0.3) is 21.9 Å². The fraction of sp³-hybridized carbons (Fsp3) is 0.400. The number of fused-ring (bicyclic) bond motifs is 1. The molecule has 2 amide bonds. The molecule has 1 aliphatic rings. The maximum Gasteiger partial charge on any atom is 0.264 e. The van der Waals surface area contributed by atoms with Crippen molar-refractivity contribution in [1.82, 2.24) is 4.90 Å². The SMILES string of the molecule is CC(C)C(C(=O)COS(C)(=O)=O)N1C(=O)c2ccccc2C1=O. The Bertz CT molecular complexity index is 733. The Morgan fingerprint density at radius 1 is 1.13 bits per heavy atom. The van der Waals surface area contributed by atoms with Crippen LogP contribution in [-0.4, -0.2) is 49.8 Å². The summed E-state index contributed by atoms with van der Waals surface area (Å²) in [5, 5.41) is 0. The van der Waals surface area contributed by atoms with Gasteiger partial charge in [-0.25, -0.2) is 0 Å². The lowest BCUT2D eigenvalue weighted by Gasteiger charge is -2.27. The van der Waals surface area contributed by atoms with Crippen LogP contribution in [0.5, 0.6) is 0 Å². The van der Waals surface area contributed by atoms with E-state index in [1.807, 2.05) is 0 Å². The highest BCUT2D eigenvalue weighted by molar-refractivity contribution is 7.86. The quantitative estimate of drug-likeness (QED) is 0.563. The van der Waals surface area contributed by atoms with Gasteiger partial charge in [0.15, 0.2) is 5.78 Å². The summed E-state index contributed by atoms with van der Waals surface area (Å²) in [6.45, 7) is 2.63. The number of ketones is 1. The Labute approximate surface area is 134 Å². The molecule has 0 N–H and O–H groups in total. The van der Waals surface area contributed by atoms with Crippen molar-refractivity contribution in [3.05, 3.63) is 35.4 Å². The molecule has 0 bridgehead atoms. The van der Waals surface area contributed by atoms with Gasteiger partial charge in [0, 0.05) is 0 Å². The molecular formula is C15H17NO6S. The lowest BCUT2D eigenvalue weighted by Crippen LogP contribution is -2.49. The van der Waals surface area contributed by atoms with E-state index < -0.39 is 40.4 Å². The third-order valence-corrected chi connectivity index (χ3v) is 4.03. The average Bonchev–Trinajstić information content (AvgIpc) is 2.70. The highest BCUT2D eigenvalue weighted by atomic mass is 32.2. The number of Topliss-reactive ketones (excluding diaryl/α,β-unsaturated/α-hetero) is 1. The second-order valence-corrected chi connectivity index (χ2v) is 7.29. The van der Waals surface area contributed by atoms with E-state index in [1.54, 1.807) is 26.0 Å². The number of carbonyl (C=O) groups is 3. The molecule has 2 rings (SSSR count). The normalized spacial score (nSPS) is 15.9. The molecule has 0 saturated carbocycles. The van der Waals surface area contributed by atoms with E-state index in [0.717, 1.165) is 11.2 Å². The molecule has 0 radical (unpaired) electrons. The van der Waals surface area contributed by atoms with Crippen LogP contribution in [0.25, 0.3) is 0 Å². The van der Waals surface area contributed by atoms with Crippen LogP contribution in [0, 0.1) is 5.92 Å². The van der Waals surface area contributed by atoms with Crippen molar-refractivity contribution in [3.8, 4) is 0 Å². The van der Waals surface area contributed by atoms with Gasteiger partial charge in [0.05, 0.1) is 17.4 Å². The zero-order valence-electron chi connectivity index (χ0n) is 13.0. The molecule has 8 heteroatoms. The maximum atomic E-state index is 12.5. The molecule has 0 saturated heterocycles. The van der Waals surface area contributed by atoms with E-state index >= 15 is 0 Å². The summed E-state index contributed by atoms with van der Waals surface area (Å²) < 4.78 is 26.6. The van der Waals surface area contributed by atoms with E-state index in [-0.39, 0.29) is 17.0 Å². The minimum atomic E-state index is -3.79. The zero-order chi connectivity index (χ0) is 17.4. The molecule has 1 atom stereocenters. The van der Waals surface area contributed by atoms with Gasteiger partial charge in [-0.15, -0.1) is 0 Å². The molecule has 0 spiro atoms. The van der Waals surface area contributed by atoms with Crippen molar-refractivity contribution in [2.75, 3.05) is 12.9 Å². The maximum absolute atomic E-state index is 12.5. The monoisotopic (exact) mass is 339 g/mol. The predicted octanol–water partition coefficient (Wildman–Crippen LogP) is 0.852. The van der Waals surface area contributed by atoms with Crippen LogP contribution in [0.3, 0.4) is 0 Å². The Kier molecular flexibility index (Phi) is 4.67. The molecule has 7 nitrogen and oxygen atoms in total. The average molecular weight is 339 g/mol. The van der Waals surface area contributed by atoms with Crippen molar-refractivity contribution < 1.29 is 27.0 Å². The number of imide groups is 1. The van der Waals surface area contributed by atoms with Gasteiger partial charge >= 0.3 is 0 Å². The van der Waals surface area contributed by atoms with Gasteiger partial charge in [-0.05, 0) is 18.1 Å². The third kappa shape index (κ3) is 3.48. The van der Waals surface area contributed by atoms with E-state index in [4.69, 9.17) is 0 Å². The van der Waals surface area contributed by atoms with Crippen molar-refractivity contribution in [2.24, 2.45) is 5.92 Å². The first kappa shape index (κ1) is 17.3.